The second-order valence-electron chi connectivity index (χ2n) is 5.19. The molecule has 0 radical (unpaired) electrons. The molecule has 1 aromatic rings. The van der Waals surface area contributed by atoms with Crippen molar-refractivity contribution in [2.75, 3.05) is 19.8 Å². The normalized spacial score (nSPS) is 18.2. The van der Waals surface area contributed by atoms with Crippen LogP contribution in [0.25, 0.3) is 0 Å². The summed E-state index contributed by atoms with van der Waals surface area (Å²) in [6.07, 6.45) is 0.675. The minimum absolute atomic E-state index is 0.00211. The maximum atomic E-state index is 8.84. The standard InChI is InChI=1S/C14H21NO3/c1-14(2)8-10-4-3-5-11(13(10)18-14)12(9-15)17-7-6-16/h3-5,12,16H,6-9,15H2,1-2H3. The summed E-state index contributed by atoms with van der Waals surface area (Å²) < 4.78 is 11.6. The fourth-order valence-electron chi connectivity index (χ4n) is 2.37. The van der Waals surface area contributed by atoms with Gasteiger partial charge in [0, 0.05) is 18.5 Å². The average molecular weight is 251 g/mol. The van der Waals surface area contributed by atoms with Crippen LogP contribution >= 0.6 is 0 Å². The van der Waals surface area contributed by atoms with Crippen molar-refractivity contribution in [3.63, 3.8) is 0 Å². The van der Waals surface area contributed by atoms with Crippen LogP contribution in [0.3, 0.4) is 0 Å². The average Bonchev–Trinajstić information content (AvgIpc) is 2.64. The van der Waals surface area contributed by atoms with Gasteiger partial charge in [0.15, 0.2) is 0 Å². The van der Waals surface area contributed by atoms with Crippen molar-refractivity contribution >= 4 is 0 Å². The predicted octanol–water partition coefficient (Wildman–Crippen LogP) is 1.41. The summed E-state index contributed by atoms with van der Waals surface area (Å²) in [4.78, 5) is 0. The Kier molecular flexibility index (Phi) is 3.90. The number of rotatable bonds is 5. The number of nitrogens with two attached hydrogens (primary N) is 1. The van der Waals surface area contributed by atoms with Crippen LogP contribution in [0, 0.1) is 0 Å². The molecule has 0 aromatic heterocycles. The molecule has 100 valence electrons. The number of aliphatic hydroxyl groups is 1. The molecule has 4 nitrogen and oxygen atoms in total. The van der Waals surface area contributed by atoms with Crippen molar-refractivity contribution in [1.82, 2.24) is 0 Å². The van der Waals surface area contributed by atoms with Gasteiger partial charge in [-0.2, -0.15) is 0 Å². The molecule has 18 heavy (non-hydrogen) atoms. The number of hydrogen-bond donors (Lipinski definition) is 2. The molecule has 0 bridgehead atoms. The first kappa shape index (κ1) is 13.3. The van der Waals surface area contributed by atoms with Gasteiger partial charge in [-0.15, -0.1) is 0 Å². The van der Waals surface area contributed by atoms with Gasteiger partial charge < -0.3 is 20.3 Å². The van der Waals surface area contributed by atoms with E-state index in [9.17, 15) is 0 Å². The molecule has 0 saturated carbocycles. The lowest BCUT2D eigenvalue weighted by molar-refractivity contribution is 0.0297. The Morgan fingerprint density at radius 3 is 2.94 bits per heavy atom. The van der Waals surface area contributed by atoms with Gasteiger partial charge in [0.1, 0.15) is 11.4 Å². The number of benzene rings is 1. The van der Waals surface area contributed by atoms with Gasteiger partial charge in [0.05, 0.1) is 19.3 Å². The molecule has 0 fully saturated rings. The largest absolute Gasteiger partial charge is 0.487 e. The Balaban J connectivity index is 2.27. The number of ether oxygens (including phenoxy) is 2. The lowest BCUT2D eigenvalue weighted by Crippen LogP contribution is -2.25. The quantitative estimate of drug-likeness (QED) is 0.830. The van der Waals surface area contributed by atoms with E-state index in [1.54, 1.807) is 0 Å². The SMILES string of the molecule is CC1(C)Cc2cccc(C(CN)OCCO)c2O1. The minimum Gasteiger partial charge on any atom is -0.487 e. The van der Waals surface area contributed by atoms with Gasteiger partial charge in [-0.25, -0.2) is 0 Å². The Morgan fingerprint density at radius 1 is 1.50 bits per heavy atom. The number of hydrogen-bond acceptors (Lipinski definition) is 4. The summed E-state index contributed by atoms with van der Waals surface area (Å²) >= 11 is 0. The molecule has 4 heteroatoms. The van der Waals surface area contributed by atoms with Crippen LogP contribution in [-0.4, -0.2) is 30.5 Å². The van der Waals surface area contributed by atoms with Crippen molar-refractivity contribution in [3.8, 4) is 5.75 Å². The van der Waals surface area contributed by atoms with Crippen molar-refractivity contribution in [1.29, 1.82) is 0 Å². The summed E-state index contributed by atoms with van der Waals surface area (Å²) in [7, 11) is 0. The lowest BCUT2D eigenvalue weighted by atomic mass is 9.99. The maximum absolute atomic E-state index is 8.84. The molecule has 0 spiro atoms. The van der Waals surface area contributed by atoms with Crippen LogP contribution in [-0.2, 0) is 11.2 Å². The van der Waals surface area contributed by atoms with Crippen LogP contribution in [0.4, 0.5) is 0 Å². The molecule has 1 aromatic carbocycles. The number of fused-ring (bicyclic) bond motifs is 1. The zero-order valence-electron chi connectivity index (χ0n) is 11.0. The molecule has 0 aliphatic carbocycles. The van der Waals surface area contributed by atoms with E-state index < -0.39 is 0 Å². The number of aliphatic hydroxyl groups excluding tert-OH is 1. The summed E-state index contributed by atoms with van der Waals surface area (Å²) in [6.45, 7) is 4.80. The Labute approximate surface area is 108 Å². The predicted molar refractivity (Wildman–Crippen MR) is 69.7 cm³/mol. The first-order valence-corrected chi connectivity index (χ1v) is 6.31. The molecule has 2 rings (SSSR count). The minimum atomic E-state index is -0.221. The van der Waals surface area contributed by atoms with E-state index >= 15 is 0 Å². The van der Waals surface area contributed by atoms with Crippen molar-refractivity contribution < 1.29 is 14.6 Å². The van der Waals surface area contributed by atoms with Gasteiger partial charge in [0.25, 0.3) is 0 Å². The fraction of sp³-hybridized carbons (Fsp3) is 0.571. The van der Waals surface area contributed by atoms with Gasteiger partial charge in [-0.3, -0.25) is 0 Å². The highest BCUT2D eigenvalue weighted by atomic mass is 16.5. The first-order chi connectivity index (χ1) is 8.57. The second-order valence-corrected chi connectivity index (χ2v) is 5.19. The highest BCUT2D eigenvalue weighted by Crippen LogP contribution is 2.40. The second kappa shape index (κ2) is 5.26. The third-order valence-electron chi connectivity index (χ3n) is 3.09. The Bertz CT molecular complexity index is 418. The monoisotopic (exact) mass is 251 g/mol. The van der Waals surface area contributed by atoms with E-state index in [2.05, 4.69) is 19.9 Å². The first-order valence-electron chi connectivity index (χ1n) is 6.31. The third kappa shape index (κ3) is 2.66. The van der Waals surface area contributed by atoms with Gasteiger partial charge in [-0.05, 0) is 19.4 Å². The molecule has 3 N–H and O–H groups in total. The fourth-order valence-corrected chi connectivity index (χ4v) is 2.37. The van der Waals surface area contributed by atoms with Crippen molar-refractivity contribution in [2.24, 2.45) is 5.73 Å². The number of para-hydroxylation sites is 1. The molecule has 0 amide bonds. The summed E-state index contributed by atoms with van der Waals surface area (Å²) in [6, 6.07) is 6.06. The highest BCUT2D eigenvalue weighted by molar-refractivity contribution is 5.47. The lowest BCUT2D eigenvalue weighted by Gasteiger charge is -2.21. The van der Waals surface area contributed by atoms with E-state index in [1.165, 1.54) is 5.56 Å². The van der Waals surface area contributed by atoms with Gasteiger partial charge in [-0.1, -0.05) is 18.2 Å². The van der Waals surface area contributed by atoms with E-state index in [0.29, 0.717) is 6.54 Å². The Hall–Kier alpha value is -1.10. The van der Waals surface area contributed by atoms with Crippen LogP contribution in [0.2, 0.25) is 0 Å². The van der Waals surface area contributed by atoms with Crippen LogP contribution in [0.1, 0.15) is 31.1 Å². The van der Waals surface area contributed by atoms with E-state index in [0.717, 1.165) is 17.7 Å². The molecule has 1 heterocycles. The molecular weight excluding hydrogens is 230 g/mol. The van der Waals surface area contributed by atoms with Crippen molar-refractivity contribution in [3.05, 3.63) is 29.3 Å². The molecule has 1 aliphatic rings. The zero-order valence-corrected chi connectivity index (χ0v) is 11.0. The maximum Gasteiger partial charge on any atom is 0.129 e. The summed E-state index contributed by atoms with van der Waals surface area (Å²) in [5, 5.41) is 8.84. The Morgan fingerprint density at radius 2 is 2.28 bits per heavy atom. The summed E-state index contributed by atoms with van der Waals surface area (Å²) in [5.74, 6) is 0.899. The third-order valence-corrected chi connectivity index (χ3v) is 3.09. The van der Waals surface area contributed by atoms with Crippen molar-refractivity contribution in [2.45, 2.75) is 32.0 Å². The smallest absolute Gasteiger partial charge is 0.129 e. The zero-order chi connectivity index (χ0) is 13.2. The van der Waals surface area contributed by atoms with E-state index in [-0.39, 0.29) is 24.9 Å². The van der Waals surface area contributed by atoms with Gasteiger partial charge in [0.2, 0.25) is 0 Å². The van der Waals surface area contributed by atoms with Crippen LogP contribution < -0.4 is 10.5 Å². The molecule has 1 atom stereocenters. The topological polar surface area (TPSA) is 64.7 Å². The highest BCUT2D eigenvalue weighted by Gasteiger charge is 2.33. The molecule has 0 saturated heterocycles. The van der Waals surface area contributed by atoms with E-state index in [1.807, 2.05) is 12.1 Å². The van der Waals surface area contributed by atoms with Crippen LogP contribution in [0.15, 0.2) is 18.2 Å². The molecule has 1 aliphatic heterocycles. The summed E-state index contributed by atoms with van der Waals surface area (Å²) in [5.41, 5.74) is 7.75. The van der Waals surface area contributed by atoms with Crippen LogP contribution in [0.5, 0.6) is 5.75 Å². The van der Waals surface area contributed by atoms with E-state index in [4.69, 9.17) is 20.3 Å². The molecular formula is C14H21NO3. The van der Waals surface area contributed by atoms with Gasteiger partial charge >= 0.3 is 0 Å². The molecule has 1 unspecified atom stereocenters.